The molecule has 7 heteroatoms. The quantitative estimate of drug-likeness (QED) is 0.379. The summed E-state index contributed by atoms with van der Waals surface area (Å²) < 4.78 is 52.2. The summed E-state index contributed by atoms with van der Waals surface area (Å²) >= 11 is 0. The van der Waals surface area contributed by atoms with Crippen LogP contribution in [0.2, 0.25) is 0 Å². The Morgan fingerprint density at radius 2 is 1.72 bits per heavy atom. The van der Waals surface area contributed by atoms with Crippen molar-refractivity contribution in [2.75, 3.05) is 0 Å². The number of nitrogens with one attached hydrogen (secondary N) is 1. The summed E-state index contributed by atoms with van der Waals surface area (Å²) in [5.41, 5.74) is 4.61. The van der Waals surface area contributed by atoms with Crippen molar-refractivity contribution in [2.24, 2.45) is 10.7 Å². The summed E-state index contributed by atoms with van der Waals surface area (Å²) in [6.45, 7) is 2.98. The van der Waals surface area contributed by atoms with Gasteiger partial charge in [0.25, 0.3) is 0 Å². The van der Waals surface area contributed by atoms with Gasteiger partial charge in [-0.25, -0.2) is 22.6 Å². The van der Waals surface area contributed by atoms with Crippen molar-refractivity contribution in [2.45, 2.75) is 26.4 Å². The van der Waals surface area contributed by atoms with E-state index in [1.807, 2.05) is 0 Å². The largest absolute Gasteiger partial charge is 0.370 e. The minimum Gasteiger partial charge on any atom is -0.370 e. The molecule has 0 unspecified atom stereocenters. The highest BCUT2D eigenvalue weighted by molar-refractivity contribution is 5.78. The first-order chi connectivity index (χ1) is 8.32. The summed E-state index contributed by atoms with van der Waals surface area (Å²) in [5, 5.41) is 2.68. The summed E-state index contributed by atoms with van der Waals surface area (Å²) in [6.07, 6.45) is 0. The lowest BCUT2D eigenvalue weighted by atomic mass is 10.2. The van der Waals surface area contributed by atoms with E-state index < -0.39 is 35.4 Å². The van der Waals surface area contributed by atoms with Crippen molar-refractivity contribution in [3.63, 3.8) is 0 Å². The standard InChI is InChI=1S/C11H13F4N3/c1-5(2)18-11(16)17-4-6-9(14)7(12)3-8(13)10(6)15/h3,5H,4H2,1-2H3,(H3,16,17,18). The number of aliphatic imine (C=N–C) groups is 1. The molecule has 3 nitrogen and oxygen atoms in total. The van der Waals surface area contributed by atoms with Crippen LogP contribution >= 0.6 is 0 Å². The molecule has 0 aliphatic carbocycles. The van der Waals surface area contributed by atoms with E-state index in [0.717, 1.165) is 0 Å². The summed E-state index contributed by atoms with van der Waals surface area (Å²) in [7, 11) is 0. The zero-order valence-corrected chi connectivity index (χ0v) is 9.90. The van der Waals surface area contributed by atoms with Crippen molar-refractivity contribution in [3.8, 4) is 0 Å². The molecular weight excluding hydrogens is 250 g/mol. The van der Waals surface area contributed by atoms with Gasteiger partial charge in [-0.1, -0.05) is 0 Å². The molecule has 0 aliphatic rings. The van der Waals surface area contributed by atoms with E-state index in [-0.39, 0.29) is 18.1 Å². The van der Waals surface area contributed by atoms with Crippen LogP contribution in [0.3, 0.4) is 0 Å². The molecule has 0 atom stereocenters. The average Bonchev–Trinajstić information content (AvgIpc) is 2.25. The fourth-order valence-electron chi connectivity index (χ4n) is 1.27. The molecule has 0 heterocycles. The van der Waals surface area contributed by atoms with Gasteiger partial charge in [0, 0.05) is 12.1 Å². The third-order valence-corrected chi connectivity index (χ3v) is 2.05. The van der Waals surface area contributed by atoms with Gasteiger partial charge in [-0.2, -0.15) is 0 Å². The van der Waals surface area contributed by atoms with E-state index >= 15 is 0 Å². The van der Waals surface area contributed by atoms with Gasteiger partial charge in [-0.05, 0) is 13.8 Å². The Bertz CT molecular complexity index is 446. The van der Waals surface area contributed by atoms with Crippen LogP contribution in [-0.4, -0.2) is 12.0 Å². The minimum absolute atomic E-state index is 0.0207. The predicted octanol–water partition coefficient (Wildman–Crippen LogP) is 2.06. The third kappa shape index (κ3) is 3.35. The highest BCUT2D eigenvalue weighted by atomic mass is 19.2. The van der Waals surface area contributed by atoms with Crippen LogP contribution in [0, 0.1) is 23.3 Å². The van der Waals surface area contributed by atoms with Gasteiger partial charge in [0.2, 0.25) is 0 Å². The number of nitrogens with zero attached hydrogens (tertiary/aromatic N) is 1. The number of guanidine groups is 1. The van der Waals surface area contributed by atoms with Crippen LogP contribution in [-0.2, 0) is 6.54 Å². The number of halogens is 4. The summed E-state index contributed by atoms with van der Waals surface area (Å²) in [6, 6.07) is 0.126. The summed E-state index contributed by atoms with van der Waals surface area (Å²) in [5.74, 6) is -5.91. The molecule has 0 aliphatic heterocycles. The van der Waals surface area contributed by atoms with Crippen molar-refractivity contribution >= 4 is 5.96 Å². The lowest BCUT2D eigenvalue weighted by Crippen LogP contribution is -2.36. The van der Waals surface area contributed by atoms with Gasteiger partial charge >= 0.3 is 0 Å². The van der Waals surface area contributed by atoms with E-state index in [9.17, 15) is 17.6 Å². The minimum atomic E-state index is -1.46. The fraction of sp³-hybridized carbons (Fsp3) is 0.364. The molecule has 100 valence electrons. The molecule has 0 amide bonds. The van der Waals surface area contributed by atoms with Crippen LogP contribution in [0.5, 0.6) is 0 Å². The van der Waals surface area contributed by atoms with Crippen LogP contribution < -0.4 is 11.1 Å². The number of nitrogens with two attached hydrogens (primary N) is 1. The molecule has 0 fully saturated rings. The van der Waals surface area contributed by atoms with E-state index in [1.165, 1.54) is 0 Å². The SMILES string of the molecule is CC(C)NC(N)=NCc1c(F)c(F)cc(F)c1F. The van der Waals surface area contributed by atoms with Gasteiger partial charge < -0.3 is 11.1 Å². The molecule has 0 spiro atoms. The lowest BCUT2D eigenvalue weighted by Gasteiger charge is -2.09. The molecule has 0 bridgehead atoms. The second-order valence-electron chi connectivity index (χ2n) is 3.95. The van der Waals surface area contributed by atoms with E-state index in [2.05, 4.69) is 10.3 Å². The molecule has 1 aromatic rings. The second kappa shape index (κ2) is 5.70. The Morgan fingerprint density at radius 1 is 1.22 bits per heavy atom. The highest BCUT2D eigenvalue weighted by Gasteiger charge is 2.18. The monoisotopic (exact) mass is 263 g/mol. The Hall–Kier alpha value is -1.79. The van der Waals surface area contributed by atoms with Gasteiger partial charge in [-0.15, -0.1) is 0 Å². The number of hydrogen-bond acceptors (Lipinski definition) is 1. The van der Waals surface area contributed by atoms with Gasteiger partial charge in [0.15, 0.2) is 29.2 Å². The second-order valence-corrected chi connectivity index (χ2v) is 3.95. The first-order valence-electron chi connectivity index (χ1n) is 5.21. The van der Waals surface area contributed by atoms with E-state index in [1.54, 1.807) is 13.8 Å². The Morgan fingerprint density at radius 3 is 2.17 bits per heavy atom. The van der Waals surface area contributed by atoms with Crippen LogP contribution in [0.1, 0.15) is 19.4 Å². The Labute approximate surface area is 102 Å². The van der Waals surface area contributed by atoms with E-state index in [0.29, 0.717) is 0 Å². The first-order valence-corrected chi connectivity index (χ1v) is 5.21. The molecular formula is C11H13F4N3. The average molecular weight is 263 g/mol. The molecule has 3 N–H and O–H groups in total. The molecule has 0 saturated carbocycles. The zero-order valence-electron chi connectivity index (χ0n) is 9.90. The molecule has 0 saturated heterocycles. The maximum absolute atomic E-state index is 13.2. The molecule has 1 aromatic carbocycles. The topological polar surface area (TPSA) is 50.4 Å². The van der Waals surface area contributed by atoms with Crippen molar-refractivity contribution in [1.29, 1.82) is 0 Å². The Balaban J connectivity index is 2.98. The van der Waals surface area contributed by atoms with Crippen LogP contribution in [0.25, 0.3) is 0 Å². The van der Waals surface area contributed by atoms with Crippen LogP contribution in [0.4, 0.5) is 17.6 Å². The number of benzene rings is 1. The number of rotatable bonds is 3. The number of hydrogen-bond donors (Lipinski definition) is 2. The normalized spacial score (nSPS) is 12.1. The zero-order chi connectivity index (χ0) is 13.9. The first kappa shape index (κ1) is 14.3. The lowest BCUT2D eigenvalue weighted by molar-refractivity contribution is 0.439. The highest BCUT2D eigenvalue weighted by Crippen LogP contribution is 2.19. The summed E-state index contributed by atoms with van der Waals surface area (Å²) in [4.78, 5) is 3.61. The maximum Gasteiger partial charge on any atom is 0.189 e. The van der Waals surface area contributed by atoms with Gasteiger partial charge in [0.1, 0.15) is 0 Å². The van der Waals surface area contributed by atoms with Crippen molar-refractivity contribution < 1.29 is 17.6 Å². The molecule has 1 rings (SSSR count). The van der Waals surface area contributed by atoms with Gasteiger partial charge in [-0.3, -0.25) is 0 Å². The molecule has 0 radical (unpaired) electrons. The molecule has 18 heavy (non-hydrogen) atoms. The Kier molecular flexibility index (Phi) is 4.52. The van der Waals surface area contributed by atoms with Crippen LogP contribution in [0.15, 0.2) is 11.1 Å². The van der Waals surface area contributed by atoms with Crippen molar-refractivity contribution in [1.82, 2.24) is 5.32 Å². The maximum atomic E-state index is 13.2. The van der Waals surface area contributed by atoms with Gasteiger partial charge in [0.05, 0.1) is 12.1 Å². The third-order valence-electron chi connectivity index (χ3n) is 2.05. The molecule has 0 aromatic heterocycles. The fourth-order valence-corrected chi connectivity index (χ4v) is 1.27. The van der Waals surface area contributed by atoms with Crippen molar-refractivity contribution in [3.05, 3.63) is 34.9 Å². The smallest absolute Gasteiger partial charge is 0.189 e. The van der Waals surface area contributed by atoms with E-state index in [4.69, 9.17) is 5.73 Å². The predicted molar refractivity (Wildman–Crippen MR) is 59.9 cm³/mol.